The van der Waals surface area contributed by atoms with Crippen molar-refractivity contribution in [3.05, 3.63) is 73.5 Å². The number of rotatable bonds is 9. The maximum atomic E-state index is 15.4. The van der Waals surface area contributed by atoms with Crippen LogP contribution in [0.4, 0.5) is 31.8 Å². The van der Waals surface area contributed by atoms with E-state index in [2.05, 4.69) is 32.2 Å². The first kappa shape index (κ1) is 30.0. The van der Waals surface area contributed by atoms with E-state index in [-0.39, 0.29) is 17.6 Å². The van der Waals surface area contributed by atoms with Gasteiger partial charge in [-0.2, -0.15) is 0 Å². The van der Waals surface area contributed by atoms with Crippen LogP contribution in [0.15, 0.2) is 67.6 Å². The molecule has 4 heterocycles. The third kappa shape index (κ3) is 6.89. The number of methoxy groups -OCH3 is 1. The van der Waals surface area contributed by atoms with Gasteiger partial charge in [-0.1, -0.05) is 6.58 Å². The highest BCUT2D eigenvalue weighted by Crippen LogP contribution is 2.35. The van der Waals surface area contributed by atoms with E-state index in [0.717, 1.165) is 31.5 Å². The molecule has 2 N–H and O–H groups in total. The minimum Gasteiger partial charge on any atom is -0.495 e. The Balaban J connectivity index is 1.18. The molecule has 0 radical (unpaired) electrons. The number of nitrogens with one attached hydrogen (secondary N) is 2. The van der Waals surface area contributed by atoms with Crippen LogP contribution in [0, 0.1) is 5.82 Å². The van der Waals surface area contributed by atoms with Crippen LogP contribution in [0.1, 0.15) is 25.7 Å². The van der Waals surface area contributed by atoms with Crippen LogP contribution in [-0.4, -0.2) is 71.3 Å². The van der Waals surface area contributed by atoms with Gasteiger partial charge in [-0.05, 0) is 56.0 Å². The number of nitrogens with zero attached hydrogens (tertiary/aromatic N) is 5. The second kappa shape index (κ2) is 13.3. The quantitative estimate of drug-likeness (QED) is 0.212. The number of carbonyl (C=O) groups excluding carboxylic acids is 1. The summed E-state index contributed by atoms with van der Waals surface area (Å²) in [6.45, 7) is 5.86. The van der Waals surface area contributed by atoms with Gasteiger partial charge < -0.3 is 29.9 Å². The van der Waals surface area contributed by atoms with Gasteiger partial charge in [0.05, 0.1) is 30.5 Å². The Morgan fingerprint density at radius 1 is 1.02 bits per heavy atom. The van der Waals surface area contributed by atoms with Crippen molar-refractivity contribution in [2.75, 3.05) is 48.8 Å². The number of benzene rings is 2. The average molecular weight is 616 g/mol. The topological polar surface area (TPSA) is 105 Å². The summed E-state index contributed by atoms with van der Waals surface area (Å²) in [6.07, 6.45) is 6.34. The van der Waals surface area contributed by atoms with Crippen LogP contribution >= 0.6 is 0 Å². The van der Waals surface area contributed by atoms with E-state index >= 15 is 4.39 Å². The molecule has 0 bridgehead atoms. The van der Waals surface area contributed by atoms with Gasteiger partial charge in [0.25, 0.3) is 0 Å². The number of alkyl halides is 1. The van der Waals surface area contributed by atoms with Gasteiger partial charge in [0.1, 0.15) is 47.2 Å². The van der Waals surface area contributed by atoms with Crippen molar-refractivity contribution >= 4 is 39.8 Å². The summed E-state index contributed by atoms with van der Waals surface area (Å²) in [5.74, 6) is 1.87. The highest BCUT2D eigenvalue weighted by atomic mass is 19.1. The average Bonchev–Trinajstić information content (AvgIpc) is 3.06. The Labute approximate surface area is 260 Å². The fraction of sp³-hybridized carbons (Fsp3) is 0.333. The molecule has 234 valence electrons. The Bertz CT molecular complexity index is 1700. The van der Waals surface area contributed by atoms with E-state index in [1.807, 2.05) is 17.0 Å². The molecule has 2 aliphatic rings. The van der Waals surface area contributed by atoms with Crippen molar-refractivity contribution in [1.82, 2.24) is 19.9 Å². The normalized spacial score (nSPS) is 17.2. The molecule has 1 amide bonds. The highest BCUT2D eigenvalue weighted by Gasteiger charge is 2.23. The first-order chi connectivity index (χ1) is 21.9. The first-order valence-electron chi connectivity index (χ1n) is 15.0. The lowest BCUT2D eigenvalue weighted by atomic mass is 10.0. The number of hydrogen-bond donors (Lipinski definition) is 2. The summed E-state index contributed by atoms with van der Waals surface area (Å²) in [4.78, 5) is 28.8. The van der Waals surface area contributed by atoms with Crippen molar-refractivity contribution in [3.8, 4) is 17.2 Å². The summed E-state index contributed by atoms with van der Waals surface area (Å²) >= 11 is 0. The van der Waals surface area contributed by atoms with Crippen LogP contribution in [0.25, 0.3) is 10.9 Å². The largest absolute Gasteiger partial charge is 0.495 e. The standard InChI is InChI=1S/C33H35F2N7O3/c1-3-32(43)41-13-9-22(10-14-41)39-29-17-25-28(18-30(29)44-2)37-20-38-33(25)40-27-7-6-23(15-26(27)35)45-24-8-11-36-31(16-24)42-12-4-5-21(34)19-42/h3,6-8,11,15-18,20-22,39H,1,4-5,9-10,12-14,19H2,2H3,(H,37,38,40)/t21-/m0/s1. The molecule has 0 aliphatic carbocycles. The molecule has 2 aliphatic heterocycles. The summed E-state index contributed by atoms with van der Waals surface area (Å²) in [6, 6.07) is 11.8. The molecule has 2 aromatic carbocycles. The maximum absolute atomic E-state index is 15.4. The molecule has 45 heavy (non-hydrogen) atoms. The van der Waals surface area contributed by atoms with Crippen LogP contribution in [-0.2, 0) is 4.79 Å². The number of halogens is 2. The van der Waals surface area contributed by atoms with Gasteiger partial charge in [-0.25, -0.2) is 23.7 Å². The molecule has 6 rings (SSSR count). The summed E-state index contributed by atoms with van der Waals surface area (Å²) in [5.41, 5.74) is 1.59. The summed E-state index contributed by atoms with van der Waals surface area (Å²) < 4.78 is 40.8. The number of carbonyl (C=O) groups is 1. The minimum atomic E-state index is -0.880. The molecule has 0 saturated carbocycles. The third-order valence-corrected chi connectivity index (χ3v) is 8.13. The monoisotopic (exact) mass is 615 g/mol. The van der Waals surface area contributed by atoms with Crippen LogP contribution in [0.3, 0.4) is 0 Å². The van der Waals surface area contributed by atoms with Crippen LogP contribution in [0.2, 0.25) is 0 Å². The lowest BCUT2D eigenvalue weighted by molar-refractivity contribution is -0.126. The van der Waals surface area contributed by atoms with Gasteiger partial charge in [0, 0.05) is 55.5 Å². The Morgan fingerprint density at radius 2 is 1.84 bits per heavy atom. The zero-order valence-electron chi connectivity index (χ0n) is 25.0. The van der Waals surface area contributed by atoms with Crippen molar-refractivity contribution < 1.29 is 23.0 Å². The lowest BCUT2D eigenvalue weighted by Gasteiger charge is -2.32. The lowest BCUT2D eigenvalue weighted by Crippen LogP contribution is -2.41. The zero-order chi connectivity index (χ0) is 31.3. The Hall–Kier alpha value is -5.00. The molecule has 12 heteroatoms. The van der Waals surface area contributed by atoms with E-state index in [4.69, 9.17) is 9.47 Å². The van der Waals surface area contributed by atoms with Crippen molar-refractivity contribution in [2.45, 2.75) is 37.9 Å². The second-order valence-electron chi connectivity index (χ2n) is 11.1. The van der Waals surface area contributed by atoms with E-state index in [1.165, 1.54) is 18.5 Å². The predicted octanol–water partition coefficient (Wildman–Crippen LogP) is 6.24. The molecular weight excluding hydrogens is 580 g/mol. The molecule has 10 nitrogen and oxygen atoms in total. The van der Waals surface area contributed by atoms with E-state index in [9.17, 15) is 9.18 Å². The molecule has 0 unspecified atom stereocenters. The van der Waals surface area contributed by atoms with Crippen LogP contribution < -0.4 is 25.0 Å². The molecule has 1 atom stereocenters. The molecule has 0 spiro atoms. The molecule has 2 aromatic heterocycles. The smallest absolute Gasteiger partial charge is 0.245 e. The minimum absolute atomic E-state index is 0.0618. The van der Waals surface area contributed by atoms with Crippen molar-refractivity contribution in [1.29, 1.82) is 0 Å². The Morgan fingerprint density at radius 3 is 2.60 bits per heavy atom. The molecular formula is C33H35F2N7O3. The fourth-order valence-electron chi connectivity index (χ4n) is 5.75. The Kier molecular flexibility index (Phi) is 8.90. The molecule has 2 saturated heterocycles. The first-order valence-corrected chi connectivity index (χ1v) is 15.0. The predicted molar refractivity (Wildman–Crippen MR) is 170 cm³/mol. The number of piperidine rings is 2. The van der Waals surface area contributed by atoms with Crippen molar-refractivity contribution in [2.24, 2.45) is 0 Å². The zero-order valence-corrected chi connectivity index (χ0v) is 25.0. The van der Waals surface area contributed by atoms with Gasteiger partial charge in [-0.3, -0.25) is 4.79 Å². The number of aromatic nitrogens is 3. The van der Waals surface area contributed by atoms with Gasteiger partial charge in [0.2, 0.25) is 5.91 Å². The van der Waals surface area contributed by atoms with E-state index in [1.54, 1.807) is 42.5 Å². The highest BCUT2D eigenvalue weighted by molar-refractivity contribution is 5.95. The fourth-order valence-corrected chi connectivity index (χ4v) is 5.75. The number of pyridine rings is 1. The number of hydrogen-bond acceptors (Lipinski definition) is 9. The van der Waals surface area contributed by atoms with Crippen LogP contribution in [0.5, 0.6) is 17.2 Å². The number of anilines is 4. The van der Waals surface area contributed by atoms with Gasteiger partial charge >= 0.3 is 0 Å². The van der Waals surface area contributed by atoms with Gasteiger partial charge in [0.15, 0.2) is 0 Å². The number of fused-ring (bicyclic) bond motifs is 1. The summed E-state index contributed by atoms with van der Waals surface area (Å²) in [5, 5.41) is 7.32. The third-order valence-electron chi connectivity index (χ3n) is 8.13. The number of ether oxygens (including phenoxy) is 2. The second-order valence-corrected chi connectivity index (χ2v) is 11.1. The molecule has 2 fully saturated rings. The maximum Gasteiger partial charge on any atom is 0.245 e. The van der Waals surface area contributed by atoms with Gasteiger partial charge in [-0.15, -0.1) is 0 Å². The van der Waals surface area contributed by atoms with E-state index in [0.29, 0.717) is 65.8 Å². The molecule has 4 aromatic rings. The summed E-state index contributed by atoms with van der Waals surface area (Å²) in [7, 11) is 1.59. The number of likely N-dealkylation sites (tertiary alicyclic amines) is 1. The SMILES string of the molecule is C=CC(=O)N1CCC(Nc2cc3c(Nc4ccc(Oc5ccnc(N6CCC[C@H](F)C6)c5)cc4F)ncnc3cc2OC)CC1. The van der Waals surface area contributed by atoms with E-state index < -0.39 is 12.0 Å². The number of amides is 1. The van der Waals surface area contributed by atoms with Crippen molar-refractivity contribution in [3.63, 3.8) is 0 Å².